The van der Waals surface area contributed by atoms with E-state index in [1.165, 1.54) is 0 Å². The fourth-order valence-electron chi connectivity index (χ4n) is 4.69. The van der Waals surface area contributed by atoms with Gasteiger partial charge < -0.3 is 14.5 Å². The van der Waals surface area contributed by atoms with E-state index in [-0.39, 0.29) is 0 Å². The van der Waals surface area contributed by atoms with Gasteiger partial charge in [-0.3, -0.25) is 4.98 Å². The summed E-state index contributed by atoms with van der Waals surface area (Å²) in [4.78, 5) is 23.7. The van der Waals surface area contributed by atoms with Crippen LogP contribution >= 0.6 is 0 Å². The number of benzene rings is 2. The van der Waals surface area contributed by atoms with Crippen molar-refractivity contribution in [1.82, 2.24) is 19.9 Å². The normalized spacial score (nSPS) is 13.4. The van der Waals surface area contributed by atoms with Crippen LogP contribution in [0.1, 0.15) is 0 Å². The molecule has 4 heterocycles. The first-order valence-electron chi connectivity index (χ1n) is 12.7. The highest BCUT2D eigenvalue weighted by Crippen LogP contribution is 2.30. The Morgan fingerprint density at radius 1 is 0.632 bits per heavy atom. The summed E-state index contributed by atoms with van der Waals surface area (Å²) in [6.45, 7) is 3.47. The van der Waals surface area contributed by atoms with Crippen LogP contribution in [-0.4, -0.2) is 53.2 Å². The van der Waals surface area contributed by atoms with Crippen molar-refractivity contribution in [3.63, 3.8) is 0 Å². The summed E-state index contributed by atoms with van der Waals surface area (Å²) in [6, 6.07) is 28.4. The van der Waals surface area contributed by atoms with Crippen LogP contribution in [0, 0.1) is 0 Å². The van der Waals surface area contributed by atoms with Gasteiger partial charge in [-0.1, -0.05) is 48.5 Å². The number of methoxy groups -OCH3 is 1. The van der Waals surface area contributed by atoms with Crippen LogP contribution < -0.4 is 14.5 Å². The largest absolute Gasteiger partial charge is 0.497 e. The molecule has 0 aliphatic carbocycles. The Labute approximate surface area is 222 Å². The number of nitrogens with zero attached hydrogens (tertiary/aromatic N) is 6. The summed E-state index contributed by atoms with van der Waals surface area (Å²) in [7, 11) is 1.67. The zero-order valence-electron chi connectivity index (χ0n) is 21.2. The Kier molecular flexibility index (Phi) is 6.64. The number of piperazine rings is 1. The number of anilines is 2. The molecule has 2 aromatic carbocycles. The van der Waals surface area contributed by atoms with E-state index in [2.05, 4.69) is 38.0 Å². The Balaban J connectivity index is 1.34. The third-order valence-electron chi connectivity index (χ3n) is 6.78. The van der Waals surface area contributed by atoms with Crippen molar-refractivity contribution in [2.45, 2.75) is 0 Å². The molecule has 3 aromatic heterocycles. The van der Waals surface area contributed by atoms with Crippen LogP contribution in [0.4, 0.5) is 11.6 Å². The Hall–Kier alpha value is -4.78. The molecule has 0 radical (unpaired) electrons. The first-order valence-corrected chi connectivity index (χ1v) is 12.7. The van der Waals surface area contributed by atoms with Crippen molar-refractivity contribution in [1.29, 1.82) is 0 Å². The molecule has 0 amide bonds. The van der Waals surface area contributed by atoms with Gasteiger partial charge in [0.1, 0.15) is 17.4 Å². The number of ether oxygens (including phenoxy) is 1. The highest BCUT2D eigenvalue weighted by molar-refractivity contribution is 5.73. The minimum atomic E-state index is 0.708. The van der Waals surface area contributed by atoms with Crippen molar-refractivity contribution in [2.24, 2.45) is 0 Å². The summed E-state index contributed by atoms with van der Waals surface area (Å²) < 4.78 is 5.31. The fourth-order valence-corrected chi connectivity index (χ4v) is 4.69. The van der Waals surface area contributed by atoms with Gasteiger partial charge in [0.25, 0.3) is 0 Å². The first-order chi connectivity index (χ1) is 18.8. The molecule has 38 heavy (non-hydrogen) atoms. The molecule has 0 bridgehead atoms. The van der Waals surface area contributed by atoms with E-state index in [1.54, 1.807) is 7.11 Å². The van der Waals surface area contributed by atoms with Crippen LogP contribution in [0.5, 0.6) is 5.75 Å². The van der Waals surface area contributed by atoms with E-state index in [1.807, 2.05) is 85.3 Å². The van der Waals surface area contributed by atoms with Gasteiger partial charge >= 0.3 is 0 Å². The molecule has 0 N–H and O–H groups in total. The van der Waals surface area contributed by atoms with Crippen molar-refractivity contribution < 1.29 is 4.74 Å². The van der Waals surface area contributed by atoms with Gasteiger partial charge in [-0.2, -0.15) is 0 Å². The van der Waals surface area contributed by atoms with E-state index in [4.69, 9.17) is 14.7 Å². The maximum absolute atomic E-state index is 5.31. The average Bonchev–Trinajstić information content (AvgIpc) is 3.02. The number of aromatic nitrogens is 4. The molecule has 1 aliphatic heterocycles. The minimum absolute atomic E-state index is 0.708. The first kappa shape index (κ1) is 23.6. The van der Waals surface area contributed by atoms with E-state index < -0.39 is 0 Å². The highest BCUT2D eigenvalue weighted by Gasteiger charge is 2.21. The minimum Gasteiger partial charge on any atom is -0.497 e. The summed E-state index contributed by atoms with van der Waals surface area (Å²) in [6.07, 6.45) is 5.59. The molecule has 6 rings (SSSR count). The lowest BCUT2D eigenvalue weighted by atomic mass is 10.0. The van der Waals surface area contributed by atoms with Gasteiger partial charge in [0, 0.05) is 67.5 Å². The molecule has 1 aliphatic rings. The van der Waals surface area contributed by atoms with Crippen molar-refractivity contribution in [3.8, 4) is 39.5 Å². The van der Waals surface area contributed by atoms with E-state index in [9.17, 15) is 0 Å². The number of rotatable bonds is 6. The molecule has 0 saturated carbocycles. The highest BCUT2D eigenvalue weighted by atomic mass is 16.5. The lowest BCUT2D eigenvalue weighted by Gasteiger charge is -2.36. The molecule has 1 fully saturated rings. The third-order valence-corrected chi connectivity index (χ3v) is 6.78. The van der Waals surface area contributed by atoms with Crippen molar-refractivity contribution >= 4 is 11.6 Å². The third kappa shape index (κ3) is 5.04. The maximum Gasteiger partial charge on any atom is 0.162 e. The Morgan fingerprint density at radius 2 is 1.34 bits per heavy atom. The summed E-state index contributed by atoms with van der Waals surface area (Å²) in [5.74, 6) is 3.47. The van der Waals surface area contributed by atoms with E-state index in [0.717, 1.165) is 71.5 Å². The zero-order chi connectivity index (χ0) is 25.7. The van der Waals surface area contributed by atoms with Crippen LogP contribution in [0.3, 0.4) is 0 Å². The average molecular weight is 501 g/mol. The molecule has 7 heteroatoms. The standard InChI is InChI=1S/C31H28N6O/c1-38-27-12-10-23(11-13-27)25-19-26(22-32-21-25)28-20-30(35-31(34-28)24-7-3-2-4-8-24)37-17-15-36(16-18-37)29-9-5-6-14-33-29/h2-14,19-22H,15-18H2,1H3. The van der Waals surface area contributed by atoms with Crippen molar-refractivity contribution in [2.75, 3.05) is 43.1 Å². The molecule has 188 valence electrons. The van der Waals surface area contributed by atoms with E-state index in [0.29, 0.717) is 5.82 Å². The van der Waals surface area contributed by atoms with Gasteiger partial charge in [-0.25, -0.2) is 15.0 Å². The quantitative estimate of drug-likeness (QED) is 0.301. The monoisotopic (exact) mass is 500 g/mol. The van der Waals surface area contributed by atoms with Gasteiger partial charge in [0.15, 0.2) is 5.82 Å². The second-order valence-corrected chi connectivity index (χ2v) is 9.15. The van der Waals surface area contributed by atoms with Crippen LogP contribution in [-0.2, 0) is 0 Å². The smallest absolute Gasteiger partial charge is 0.162 e. The predicted octanol–water partition coefficient (Wildman–Crippen LogP) is 5.60. The molecule has 0 atom stereocenters. The number of hydrogen-bond acceptors (Lipinski definition) is 7. The SMILES string of the molecule is COc1ccc(-c2cncc(-c3cc(N4CCN(c5ccccn5)CC4)nc(-c4ccccc4)n3)c2)cc1. The van der Waals surface area contributed by atoms with Gasteiger partial charge in [-0.15, -0.1) is 0 Å². The maximum atomic E-state index is 5.31. The van der Waals surface area contributed by atoms with Gasteiger partial charge in [0.05, 0.1) is 12.8 Å². The van der Waals surface area contributed by atoms with Gasteiger partial charge in [-0.05, 0) is 35.9 Å². The molecule has 7 nitrogen and oxygen atoms in total. The predicted molar refractivity (Wildman–Crippen MR) is 151 cm³/mol. The Bertz CT molecular complexity index is 1500. The lowest BCUT2D eigenvalue weighted by Crippen LogP contribution is -2.47. The summed E-state index contributed by atoms with van der Waals surface area (Å²) in [5.41, 5.74) is 4.89. The topological polar surface area (TPSA) is 67.3 Å². The van der Waals surface area contributed by atoms with Gasteiger partial charge in [0.2, 0.25) is 0 Å². The lowest BCUT2D eigenvalue weighted by molar-refractivity contribution is 0.415. The number of pyridine rings is 2. The van der Waals surface area contributed by atoms with Crippen LogP contribution in [0.25, 0.3) is 33.8 Å². The van der Waals surface area contributed by atoms with Crippen LogP contribution in [0.15, 0.2) is 104 Å². The molecule has 1 saturated heterocycles. The fraction of sp³-hybridized carbons (Fsp3) is 0.161. The molecule has 0 spiro atoms. The second-order valence-electron chi connectivity index (χ2n) is 9.15. The summed E-state index contributed by atoms with van der Waals surface area (Å²) >= 11 is 0. The van der Waals surface area contributed by atoms with Crippen molar-refractivity contribution in [3.05, 3.63) is 104 Å². The Morgan fingerprint density at radius 3 is 2.05 bits per heavy atom. The second kappa shape index (κ2) is 10.7. The molecular weight excluding hydrogens is 472 g/mol. The molecular formula is C31H28N6O. The van der Waals surface area contributed by atoms with Crippen LogP contribution in [0.2, 0.25) is 0 Å². The zero-order valence-corrected chi connectivity index (χ0v) is 21.2. The number of hydrogen-bond donors (Lipinski definition) is 0. The summed E-state index contributed by atoms with van der Waals surface area (Å²) in [5, 5.41) is 0. The molecule has 0 unspecified atom stereocenters. The molecule has 5 aromatic rings. The van der Waals surface area contributed by atoms with E-state index >= 15 is 0 Å².